The molecule has 0 amide bonds. The lowest BCUT2D eigenvalue weighted by atomic mass is 9.87. The Kier molecular flexibility index (Phi) is 7.95. The lowest BCUT2D eigenvalue weighted by Gasteiger charge is -2.25. The number of likely N-dealkylation sites (tertiary alicyclic amines) is 1. The fraction of sp³-hybridized carbons (Fsp3) is 0.458. The number of rotatable bonds is 5. The molecule has 0 aromatic heterocycles. The van der Waals surface area contributed by atoms with Gasteiger partial charge in [0.05, 0.1) is 13.2 Å². The van der Waals surface area contributed by atoms with Gasteiger partial charge in [-0.2, -0.15) is 0 Å². The Hall–Kier alpha value is -1.60. The highest BCUT2D eigenvalue weighted by Gasteiger charge is 2.42. The average molecular weight is 505 g/mol. The van der Waals surface area contributed by atoms with E-state index in [0.29, 0.717) is 5.41 Å². The normalized spacial score (nSPS) is 21.6. The zero-order valence-electron chi connectivity index (χ0n) is 17.2. The van der Waals surface area contributed by atoms with Gasteiger partial charge in [0.1, 0.15) is 0 Å². The number of hydrogen-bond donors (Lipinski definition) is 1. The molecule has 0 radical (unpaired) electrons. The topological polar surface area (TPSA) is 36.9 Å². The van der Waals surface area contributed by atoms with Crippen molar-refractivity contribution in [2.45, 2.75) is 25.7 Å². The van der Waals surface area contributed by atoms with E-state index in [2.05, 4.69) is 77.8 Å². The van der Waals surface area contributed by atoms with E-state index < -0.39 is 0 Å². The van der Waals surface area contributed by atoms with E-state index in [1.54, 1.807) is 0 Å². The van der Waals surface area contributed by atoms with Crippen molar-refractivity contribution in [2.75, 3.05) is 39.4 Å². The van der Waals surface area contributed by atoms with Crippen molar-refractivity contribution in [3.05, 3.63) is 71.8 Å². The largest absolute Gasteiger partial charge is 0.381 e. The van der Waals surface area contributed by atoms with E-state index in [1.807, 2.05) is 0 Å². The number of benzene rings is 2. The third-order valence-electron chi connectivity index (χ3n) is 6.09. The lowest BCUT2D eigenvalue weighted by molar-refractivity contribution is 0.156. The van der Waals surface area contributed by atoms with Crippen LogP contribution in [0.2, 0.25) is 0 Å². The molecule has 2 saturated heterocycles. The van der Waals surface area contributed by atoms with Crippen LogP contribution in [-0.4, -0.2) is 50.3 Å². The molecule has 2 fully saturated rings. The van der Waals surface area contributed by atoms with Gasteiger partial charge < -0.3 is 15.0 Å². The maximum absolute atomic E-state index is 5.70. The summed E-state index contributed by atoms with van der Waals surface area (Å²) in [6.07, 6.45) is 2.39. The molecular formula is C24H32IN3O. The van der Waals surface area contributed by atoms with Crippen LogP contribution in [0.25, 0.3) is 0 Å². The average Bonchev–Trinajstić information content (AvgIpc) is 3.39. The number of halogens is 1. The van der Waals surface area contributed by atoms with E-state index in [0.717, 1.165) is 45.4 Å². The maximum atomic E-state index is 5.70. The summed E-state index contributed by atoms with van der Waals surface area (Å²) in [5.74, 6) is 1.31. The third kappa shape index (κ3) is 5.31. The summed E-state index contributed by atoms with van der Waals surface area (Å²) in [6, 6.07) is 21.5. The number of hydrogen-bond acceptors (Lipinski definition) is 2. The Morgan fingerprint density at radius 2 is 1.72 bits per heavy atom. The van der Waals surface area contributed by atoms with Gasteiger partial charge in [-0.1, -0.05) is 60.7 Å². The van der Waals surface area contributed by atoms with Gasteiger partial charge in [-0.3, -0.25) is 4.99 Å². The van der Waals surface area contributed by atoms with Crippen molar-refractivity contribution >= 4 is 29.9 Å². The maximum Gasteiger partial charge on any atom is 0.193 e. The molecule has 1 spiro atoms. The number of nitrogens with zero attached hydrogens (tertiary/aromatic N) is 2. The highest BCUT2D eigenvalue weighted by atomic mass is 127. The fourth-order valence-electron chi connectivity index (χ4n) is 4.46. The standard InChI is InChI=1S/C24H31N3O.HI/c1-2-25-23(27-15-13-24(18-27)14-16-28-19-24)26-17-22(20-9-5-3-6-10-20)21-11-7-4-8-12-21;/h3-12,22H,2,13-19H2,1H3,(H,25,26);1H. The van der Waals surface area contributed by atoms with Gasteiger partial charge in [0.15, 0.2) is 5.96 Å². The van der Waals surface area contributed by atoms with Crippen LogP contribution in [0.5, 0.6) is 0 Å². The second kappa shape index (κ2) is 10.4. The number of aliphatic imine (C=N–C) groups is 1. The van der Waals surface area contributed by atoms with Crippen LogP contribution in [0.15, 0.2) is 65.7 Å². The van der Waals surface area contributed by atoms with Crippen LogP contribution in [0.1, 0.15) is 36.8 Å². The van der Waals surface area contributed by atoms with Gasteiger partial charge in [0, 0.05) is 37.6 Å². The first-order valence-electron chi connectivity index (χ1n) is 10.5. The number of guanidine groups is 1. The lowest BCUT2D eigenvalue weighted by Crippen LogP contribution is -2.41. The second-order valence-electron chi connectivity index (χ2n) is 8.04. The monoisotopic (exact) mass is 505 g/mol. The molecule has 2 aliphatic rings. The van der Waals surface area contributed by atoms with E-state index in [4.69, 9.17) is 9.73 Å². The van der Waals surface area contributed by atoms with E-state index in [1.165, 1.54) is 24.0 Å². The molecule has 2 aromatic carbocycles. The SMILES string of the molecule is CCNC(=NCC(c1ccccc1)c1ccccc1)N1CCC2(CCOC2)C1.I. The molecule has 2 aromatic rings. The Bertz CT molecular complexity index is 736. The van der Waals surface area contributed by atoms with Crippen LogP contribution in [0, 0.1) is 5.41 Å². The Balaban J connectivity index is 0.00000240. The molecule has 4 rings (SSSR count). The van der Waals surface area contributed by atoms with Crippen molar-refractivity contribution in [1.29, 1.82) is 0 Å². The van der Waals surface area contributed by atoms with Crippen molar-refractivity contribution < 1.29 is 4.74 Å². The number of nitrogens with one attached hydrogen (secondary N) is 1. The predicted molar refractivity (Wildman–Crippen MR) is 130 cm³/mol. The molecule has 0 saturated carbocycles. The van der Waals surface area contributed by atoms with E-state index in [9.17, 15) is 0 Å². The molecular weight excluding hydrogens is 473 g/mol. The zero-order chi connectivity index (χ0) is 19.2. The molecule has 1 unspecified atom stereocenters. The van der Waals surface area contributed by atoms with Crippen LogP contribution >= 0.6 is 24.0 Å². The molecule has 1 atom stereocenters. The van der Waals surface area contributed by atoms with Gasteiger partial charge >= 0.3 is 0 Å². The highest BCUT2D eigenvalue weighted by molar-refractivity contribution is 14.0. The van der Waals surface area contributed by atoms with Crippen LogP contribution in [0.4, 0.5) is 0 Å². The van der Waals surface area contributed by atoms with Crippen molar-refractivity contribution in [3.8, 4) is 0 Å². The Labute approximate surface area is 191 Å². The van der Waals surface area contributed by atoms with Gasteiger partial charge in [0.25, 0.3) is 0 Å². The summed E-state index contributed by atoms with van der Waals surface area (Å²) in [5, 5.41) is 3.52. The minimum absolute atomic E-state index is 0. The summed E-state index contributed by atoms with van der Waals surface area (Å²) in [7, 11) is 0. The first kappa shape index (κ1) is 22.1. The van der Waals surface area contributed by atoms with Crippen LogP contribution in [-0.2, 0) is 4.74 Å². The first-order chi connectivity index (χ1) is 13.8. The summed E-state index contributed by atoms with van der Waals surface area (Å²) in [4.78, 5) is 7.53. The predicted octanol–water partition coefficient (Wildman–Crippen LogP) is 4.51. The number of ether oxygens (including phenoxy) is 1. The Morgan fingerprint density at radius 1 is 1.07 bits per heavy atom. The van der Waals surface area contributed by atoms with Crippen LogP contribution < -0.4 is 5.32 Å². The van der Waals surface area contributed by atoms with Gasteiger partial charge in [-0.15, -0.1) is 24.0 Å². The Morgan fingerprint density at radius 3 is 2.28 bits per heavy atom. The highest BCUT2D eigenvalue weighted by Crippen LogP contribution is 2.38. The molecule has 4 nitrogen and oxygen atoms in total. The van der Waals surface area contributed by atoms with Crippen molar-refractivity contribution in [2.24, 2.45) is 10.4 Å². The minimum atomic E-state index is 0. The quantitative estimate of drug-likeness (QED) is 0.369. The molecule has 0 bridgehead atoms. The van der Waals surface area contributed by atoms with Gasteiger partial charge in [0.2, 0.25) is 0 Å². The molecule has 2 aliphatic heterocycles. The van der Waals surface area contributed by atoms with Crippen molar-refractivity contribution in [3.63, 3.8) is 0 Å². The summed E-state index contributed by atoms with van der Waals surface area (Å²) < 4.78 is 5.70. The molecule has 29 heavy (non-hydrogen) atoms. The minimum Gasteiger partial charge on any atom is -0.381 e. The van der Waals surface area contributed by atoms with Gasteiger partial charge in [-0.25, -0.2) is 0 Å². The smallest absolute Gasteiger partial charge is 0.193 e. The fourth-order valence-corrected chi connectivity index (χ4v) is 4.46. The van der Waals surface area contributed by atoms with E-state index in [-0.39, 0.29) is 29.9 Å². The summed E-state index contributed by atoms with van der Waals surface area (Å²) in [5.41, 5.74) is 2.97. The molecule has 1 N–H and O–H groups in total. The third-order valence-corrected chi connectivity index (χ3v) is 6.09. The van der Waals surface area contributed by atoms with E-state index >= 15 is 0 Å². The zero-order valence-corrected chi connectivity index (χ0v) is 19.5. The molecule has 0 aliphatic carbocycles. The molecule has 2 heterocycles. The summed E-state index contributed by atoms with van der Waals surface area (Å²) >= 11 is 0. The summed E-state index contributed by atoms with van der Waals surface area (Å²) in [6.45, 7) is 7.71. The molecule has 5 heteroatoms. The van der Waals surface area contributed by atoms with Gasteiger partial charge in [-0.05, 0) is 30.9 Å². The first-order valence-corrected chi connectivity index (χ1v) is 10.5. The second-order valence-corrected chi connectivity index (χ2v) is 8.04. The molecule has 156 valence electrons. The van der Waals surface area contributed by atoms with Crippen LogP contribution in [0.3, 0.4) is 0 Å². The van der Waals surface area contributed by atoms with Crippen molar-refractivity contribution in [1.82, 2.24) is 10.2 Å².